The first-order valence-corrected chi connectivity index (χ1v) is 11.5. The normalized spacial score (nSPS) is 24.1. The van der Waals surface area contributed by atoms with Crippen LogP contribution in [0.5, 0.6) is 0 Å². The number of benzene rings is 3. The monoisotopic (exact) mass is 478 g/mol. The van der Waals surface area contributed by atoms with Crippen molar-refractivity contribution < 1.29 is 33.6 Å². The summed E-state index contributed by atoms with van der Waals surface area (Å²) in [5.74, 6) is -0.555. The Balaban J connectivity index is 1.48. The van der Waals surface area contributed by atoms with Crippen molar-refractivity contribution in [3.05, 3.63) is 108 Å². The summed E-state index contributed by atoms with van der Waals surface area (Å²) in [6.45, 7) is 0.698. The first kappa shape index (κ1) is 25.0. The third-order valence-corrected chi connectivity index (χ3v) is 5.78. The van der Waals surface area contributed by atoms with Crippen LogP contribution in [0.25, 0.3) is 0 Å². The van der Waals surface area contributed by atoms with Crippen LogP contribution in [0, 0.1) is 0 Å². The molecule has 0 aliphatic carbocycles. The second-order valence-corrected chi connectivity index (χ2v) is 8.27. The van der Waals surface area contributed by atoms with E-state index in [1.54, 1.807) is 24.3 Å². The molecule has 35 heavy (non-hydrogen) atoms. The highest BCUT2D eigenvalue weighted by Crippen LogP contribution is 2.28. The molecule has 1 saturated heterocycles. The molecule has 0 spiro atoms. The van der Waals surface area contributed by atoms with E-state index in [9.17, 15) is 9.90 Å². The van der Waals surface area contributed by atoms with Gasteiger partial charge < -0.3 is 28.8 Å². The van der Waals surface area contributed by atoms with E-state index in [1.165, 1.54) is 7.11 Å². The van der Waals surface area contributed by atoms with Crippen molar-refractivity contribution in [2.75, 3.05) is 13.7 Å². The highest BCUT2D eigenvalue weighted by Gasteiger charge is 2.48. The third-order valence-electron chi connectivity index (χ3n) is 5.78. The largest absolute Gasteiger partial charge is 0.450 e. The molecule has 0 bridgehead atoms. The molecule has 1 N–H and O–H groups in total. The zero-order chi connectivity index (χ0) is 24.5. The molecule has 1 aliphatic heterocycles. The molecule has 0 saturated carbocycles. The topological polar surface area (TPSA) is 83.5 Å². The van der Waals surface area contributed by atoms with Gasteiger partial charge in [0, 0.05) is 7.11 Å². The number of esters is 1. The number of carbonyl (C=O) groups excluding carboxylic acids is 1. The molecule has 1 aliphatic rings. The second-order valence-electron chi connectivity index (χ2n) is 8.27. The molecule has 4 rings (SSSR count). The van der Waals surface area contributed by atoms with Gasteiger partial charge in [-0.3, -0.25) is 0 Å². The summed E-state index contributed by atoms with van der Waals surface area (Å²) in [4.78, 5) is 12.8. The van der Waals surface area contributed by atoms with E-state index >= 15 is 0 Å². The van der Waals surface area contributed by atoms with Gasteiger partial charge in [0.05, 0.1) is 25.4 Å². The zero-order valence-corrected chi connectivity index (χ0v) is 19.6. The van der Waals surface area contributed by atoms with Crippen LogP contribution in [0.15, 0.2) is 91.0 Å². The van der Waals surface area contributed by atoms with Crippen LogP contribution < -0.4 is 0 Å². The molecule has 3 aromatic rings. The van der Waals surface area contributed by atoms with E-state index in [2.05, 4.69) is 0 Å². The fraction of sp³-hybridized carbons (Fsp3) is 0.321. The fourth-order valence-electron chi connectivity index (χ4n) is 3.93. The minimum Gasteiger partial charge on any atom is -0.450 e. The van der Waals surface area contributed by atoms with Crippen molar-refractivity contribution in [3.8, 4) is 0 Å². The number of hydrogen-bond donors (Lipinski definition) is 1. The SMILES string of the molecule is CO[C@H]1O[C@H](COCc2ccccc2)[C@@H](O)[C@H](OCc2ccccc2)[C@H]1OC(=O)c1ccccc1. The molecule has 1 heterocycles. The predicted molar refractivity (Wildman–Crippen MR) is 128 cm³/mol. The average Bonchev–Trinajstić information content (AvgIpc) is 2.91. The van der Waals surface area contributed by atoms with E-state index in [0.29, 0.717) is 12.2 Å². The van der Waals surface area contributed by atoms with Gasteiger partial charge in [-0.25, -0.2) is 4.79 Å². The van der Waals surface area contributed by atoms with Crippen LogP contribution in [0.2, 0.25) is 0 Å². The van der Waals surface area contributed by atoms with E-state index < -0.39 is 36.7 Å². The quantitative estimate of drug-likeness (QED) is 0.445. The van der Waals surface area contributed by atoms with Gasteiger partial charge in [0.15, 0.2) is 12.4 Å². The smallest absolute Gasteiger partial charge is 0.338 e. The summed E-state index contributed by atoms with van der Waals surface area (Å²) in [7, 11) is 1.46. The first-order chi connectivity index (χ1) is 17.2. The predicted octanol–water partition coefficient (Wildman–Crippen LogP) is 3.75. The number of hydrogen-bond acceptors (Lipinski definition) is 7. The molecule has 5 atom stereocenters. The number of aliphatic hydroxyl groups is 1. The summed E-state index contributed by atoms with van der Waals surface area (Å²) in [5, 5.41) is 11.2. The molecule has 0 unspecified atom stereocenters. The summed E-state index contributed by atoms with van der Waals surface area (Å²) >= 11 is 0. The molecule has 7 nitrogen and oxygen atoms in total. The minimum atomic E-state index is -1.12. The average molecular weight is 479 g/mol. The number of rotatable bonds is 10. The Kier molecular flexibility index (Phi) is 9.00. The Morgan fingerprint density at radius 1 is 0.829 bits per heavy atom. The molecule has 1 fully saturated rings. The standard InChI is InChI=1S/C28H30O7/c1-31-28-26(35-27(30)22-15-9-4-10-16-22)25(33-18-21-13-7-3-8-14-21)24(29)23(34-28)19-32-17-20-11-5-2-6-12-20/h2-16,23-26,28-29H,17-19H2,1H3/t23-,24-,25+,26-,28+/m1/s1. The van der Waals surface area contributed by atoms with Gasteiger partial charge in [0.2, 0.25) is 0 Å². The lowest BCUT2D eigenvalue weighted by molar-refractivity contribution is -0.304. The number of ether oxygens (including phenoxy) is 5. The highest BCUT2D eigenvalue weighted by atomic mass is 16.7. The molecule has 7 heteroatoms. The van der Waals surface area contributed by atoms with Gasteiger partial charge in [0.25, 0.3) is 0 Å². The van der Waals surface area contributed by atoms with E-state index in [-0.39, 0.29) is 13.2 Å². The first-order valence-electron chi connectivity index (χ1n) is 11.5. The van der Waals surface area contributed by atoms with Gasteiger partial charge in [-0.15, -0.1) is 0 Å². The van der Waals surface area contributed by atoms with Crippen molar-refractivity contribution in [3.63, 3.8) is 0 Å². The zero-order valence-electron chi connectivity index (χ0n) is 19.6. The fourth-order valence-corrected chi connectivity index (χ4v) is 3.93. The van der Waals surface area contributed by atoms with Crippen molar-refractivity contribution in [1.82, 2.24) is 0 Å². The maximum Gasteiger partial charge on any atom is 0.338 e. The summed E-state index contributed by atoms with van der Waals surface area (Å²) in [5.41, 5.74) is 2.31. The maximum atomic E-state index is 12.8. The summed E-state index contributed by atoms with van der Waals surface area (Å²) < 4.78 is 29.2. The lowest BCUT2D eigenvalue weighted by Gasteiger charge is -2.43. The number of carbonyl (C=O) groups is 1. The lowest BCUT2D eigenvalue weighted by atomic mass is 9.98. The van der Waals surface area contributed by atoms with Crippen molar-refractivity contribution in [1.29, 1.82) is 0 Å². The third kappa shape index (κ3) is 6.75. The second kappa shape index (κ2) is 12.6. The molecular weight excluding hydrogens is 448 g/mol. The highest BCUT2D eigenvalue weighted by molar-refractivity contribution is 5.89. The van der Waals surface area contributed by atoms with Gasteiger partial charge >= 0.3 is 5.97 Å². The molecule has 184 valence electrons. The minimum absolute atomic E-state index is 0.112. The Morgan fingerprint density at radius 3 is 2.00 bits per heavy atom. The van der Waals surface area contributed by atoms with Crippen molar-refractivity contribution >= 4 is 5.97 Å². The van der Waals surface area contributed by atoms with Crippen LogP contribution in [0.4, 0.5) is 0 Å². The Labute approximate surface area is 205 Å². The van der Waals surface area contributed by atoms with E-state index in [1.807, 2.05) is 66.7 Å². The summed E-state index contributed by atoms with van der Waals surface area (Å²) in [6, 6.07) is 27.9. The molecule has 0 radical (unpaired) electrons. The summed E-state index contributed by atoms with van der Waals surface area (Å²) in [6.07, 6.45) is -4.69. The number of methoxy groups -OCH3 is 1. The Hall–Kier alpha value is -3.07. The van der Waals surface area contributed by atoms with Crippen molar-refractivity contribution in [2.45, 2.75) is 43.9 Å². The Bertz CT molecular complexity index is 1030. The van der Waals surface area contributed by atoms with Crippen LogP contribution in [0.3, 0.4) is 0 Å². The lowest BCUT2D eigenvalue weighted by Crippen LogP contribution is -2.61. The van der Waals surface area contributed by atoms with Gasteiger partial charge in [-0.1, -0.05) is 78.9 Å². The van der Waals surface area contributed by atoms with E-state index in [0.717, 1.165) is 11.1 Å². The van der Waals surface area contributed by atoms with Crippen LogP contribution >= 0.6 is 0 Å². The Morgan fingerprint density at radius 2 is 1.40 bits per heavy atom. The molecule has 0 amide bonds. The van der Waals surface area contributed by atoms with Crippen LogP contribution in [-0.4, -0.2) is 55.5 Å². The van der Waals surface area contributed by atoms with Gasteiger partial charge in [-0.05, 0) is 23.3 Å². The van der Waals surface area contributed by atoms with Gasteiger partial charge in [0.1, 0.15) is 18.3 Å². The van der Waals surface area contributed by atoms with Crippen molar-refractivity contribution in [2.24, 2.45) is 0 Å². The van der Waals surface area contributed by atoms with Crippen LogP contribution in [-0.2, 0) is 36.9 Å². The molecule has 3 aromatic carbocycles. The van der Waals surface area contributed by atoms with E-state index in [4.69, 9.17) is 23.7 Å². The number of aliphatic hydroxyl groups excluding tert-OH is 1. The van der Waals surface area contributed by atoms with Crippen LogP contribution in [0.1, 0.15) is 21.5 Å². The van der Waals surface area contributed by atoms with Gasteiger partial charge in [-0.2, -0.15) is 0 Å². The maximum absolute atomic E-state index is 12.8. The molecular formula is C28H30O7. The molecule has 0 aromatic heterocycles.